The summed E-state index contributed by atoms with van der Waals surface area (Å²) >= 11 is 0. The molecule has 1 fully saturated rings. The lowest BCUT2D eigenvalue weighted by Gasteiger charge is -2.28. The Balaban J connectivity index is 2.22. The summed E-state index contributed by atoms with van der Waals surface area (Å²) < 4.78 is 0. The molecule has 13 heavy (non-hydrogen) atoms. The van der Waals surface area contributed by atoms with Gasteiger partial charge in [0.05, 0.1) is 0 Å². The Kier molecular flexibility index (Phi) is 3.96. The van der Waals surface area contributed by atoms with Crippen LogP contribution in [0, 0.1) is 0 Å². The highest BCUT2D eigenvalue weighted by Gasteiger charge is 2.18. The van der Waals surface area contributed by atoms with E-state index in [9.17, 15) is 4.79 Å². The number of piperidine rings is 1. The zero-order valence-corrected chi connectivity index (χ0v) is 8.18. The van der Waals surface area contributed by atoms with Crippen molar-refractivity contribution >= 4 is 5.91 Å². The van der Waals surface area contributed by atoms with Gasteiger partial charge in [0.2, 0.25) is 5.91 Å². The number of carbonyl (C=O) groups excluding carboxylic acids is 1. The van der Waals surface area contributed by atoms with Gasteiger partial charge in [0, 0.05) is 25.0 Å². The Morgan fingerprint density at radius 1 is 1.69 bits per heavy atom. The van der Waals surface area contributed by atoms with Crippen LogP contribution in [0.15, 0.2) is 12.7 Å². The van der Waals surface area contributed by atoms with Gasteiger partial charge in [-0.2, -0.15) is 0 Å². The van der Waals surface area contributed by atoms with Crippen molar-refractivity contribution in [2.24, 2.45) is 0 Å². The smallest absolute Gasteiger partial charge is 0.224 e. The highest BCUT2D eigenvalue weighted by Crippen LogP contribution is 2.07. The summed E-state index contributed by atoms with van der Waals surface area (Å²) in [4.78, 5) is 11.2. The average Bonchev–Trinajstić information content (AvgIpc) is 2.09. The number of nitrogens with one attached hydrogen (secondary N) is 2. The van der Waals surface area contributed by atoms with E-state index in [1.165, 1.54) is 0 Å². The first kappa shape index (κ1) is 10.3. The Hall–Kier alpha value is -0.830. The lowest BCUT2D eigenvalue weighted by atomic mass is 10.0. The van der Waals surface area contributed by atoms with E-state index in [0.29, 0.717) is 18.5 Å². The summed E-state index contributed by atoms with van der Waals surface area (Å²) in [6.45, 7) is 6.59. The lowest BCUT2D eigenvalue weighted by Crippen LogP contribution is -2.48. The Morgan fingerprint density at radius 2 is 2.46 bits per heavy atom. The molecule has 0 radical (unpaired) electrons. The fourth-order valence-corrected chi connectivity index (χ4v) is 1.54. The maximum atomic E-state index is 11.2. The first-order chi connectivity index (χ1) is 6.22. The summed E-state index contributed by atoms with van der Waals surface area (Å²) in [7, 11) is 0. The summed E-state index contributed by atoms with van der Waals surface area (Å²) in [5, 5.41) is 6.31. The van der Waals surface area contributed by atoms with Crippen LogP contribution in [0.25, 0.3) is 0 Å². The minimum Gasteiger partial charge on any atom is -0.352 e. The van der Waals surface area contributed by atoms with Gasteiger partial charge >= 0.3 is 0 Å². The molecule has 1 rings (SSSR count). The monoisotopic (exact) mass is 182 g/mol. The number of rotatable bonds is 3. The summed E-state index contributed by atoms with van der Waals surface area (Å²) in [5.74, 6) is 0.0800. The standard InChI is InChI=1S/C10H18N2O/c1-3-4-10(13)12-9-6-5-8(2)11-7-9/h3,8-9,11H,1,4-7H2,2H3,(H,12,13). The molecule has 1 saturated heterocycles. The van der Waals surface area contributed by atoms with Crippen molar-refractivity contribution in [2.45, 2.75) is 38.3 Å². The van der Waals surface area contributed by atoms with Crippen LogP contribution in [0.4, 0.5) is 0 Å². The van der Waals surface area contributed by atoms with Crippen molar-refractivity contribution in [1.29, 1.82) is 0 Å². The number of hydrogen-bond acceptors (Lipinski definition) is 2. The van der Waals surface area contributed by atoms with Crippen molar-refractivity contribution in [3.8, 4) is 0 Å². The zero-order chi connectivity index (χ0) is 9.68. The third-order valence-corrected chi connectivity index (χ3v) is 2.36. The van der Waals surface area contributed by atoms with E-state index in [0.717, 1.165) is 19.4 Å². The summed E-state index contributed by atoms with van der Waals surface area (Å²) in [6, 6.07) is 0.899. The van der Waals surface area contributed by atoms with Crippen molar-refractivity contribution in [2.75, 3.05) is 6.54 Å². The molecule has 2 unspecified atom stereocenters. The molecule has 1 aliphatic heterocycles. The van der Waals surface area contributed by atoms with Crippen LogP contribution in [0.5, 0.6) is 0 Å². The van der Waals surface area contributed by atoms with Gasteiger partial charge in [-0.05, 0) is 19.8 Å². The Morgan fingerprint density at radius 3 is 3.00 bits per heavy atom. The zero-order valence-electron chi connectivity index (χ0n) is 8.18. The fourth-order valence-electron chi connectivity index (χ4n) is 1.54. The molecule has 1 heterocycles. The average molecular weight is 182 g/mol. The summed E-state index contributed by atoms with van der Waals surface area (Å²) in [5.41, 5.74) is 0. The maximum absolute atomic E-state index is 11.2. The molecule has 1 aliphatic rings. The van der Waals surface area contributed by atoms with Crippen LogP contribution in [0.1, 0.15) is 26.2 Å². The SMILES string of the molecule is C=CCC(=O)NC1CCC(C)NC1. The van der Waals surface area contributed by atoms with E-state index >= 15 is 0 Å². The predicted octanol–water partition coefficient (Wildman–Crippen LogP) is 0.819. The molecule has 0 spiro atoms. The molecule has 3 nitrogen and oxygen atoms in total. The maximum Gasteiger partial charge on any atom is 0.224 e. The topological polar surface area (TPSA) is 41.1 Å². The lowest BCUT2D eigenvalue weighted by molar-refractivity contribution is -0.121. The highest BCUT2D eigenvalue weighted by atomic mass is 16.1. The molecular weight excluding hydrogens is 164 g/mol. The number of amides is 1. The third-order valence-electron chi connectivity index (χ3n) is 2.36. The molecule has 0 saturated carbocycles. The quantitative estimate of drug-likeness (QED) is 0.634. The molecule has 3 heteroatoms. The number of carbonyl (C=O) groups is 1. The van der Waals surface area contributed by atoms with Crippen molar-refractivity contribution in [3.63, 3.8) is 0 Å². The molecule has 74 valence electrons. The Labute approximate surface area is 79.6 Å². The van der Waals surface area contributed by atoms with Gasteiger partial charge in [0.1, 0.15) is 0 Å². The molecule has 1 amide bonds. The molecule has 0 aromatic heterocycles. The van der Waals surface area contributed by atoms with E-state index in [2.05, 4.69) is 24.1 Å². The van der Waals surface area contributed by atoms with Crippen LogP contribution >= 0.6 is 0 Å². The van der Waals surface area contributed by atoms with Gasteiger partial charge in [0.25, 0.3) is 0 Å². The van der Waals surface area contributed by atoms with Gasteiger partial charge in [-0.3, -0.25) is 4.79 Å². The van der Waals surface area contributed by atoms with Gasteiger partial charge in [-0.1, -0.05) is 6.08 Å². The fraction of sp³-hybridized carbons (Fsp3) is 0.700. The normalized spacial score (nSPS) is 28.1. The minimum atomic E-state index is 0.0800. The van der Waals surface area contributed by atoms with E-state index in [-0.39, 0.29) is 5.91 Å². The first-order valence-electron chi connectivity index (χ1n) is 4.86. The largest absolute Gasteiger partial charge is 0.352 e. The van der Waals surface area contributed by atoms with Gasteiger partial charge in [-0.15, -0.1) is 6.58 Å². The second-order valence-electron chi connectivity index (χ2n) is 3.64. The van der Waals surface area contributed by atoms with Crippen LogP contribution < -0.4 is 10.6 Å². The second-order valence-corrected chi connectivity index (χ2v) is 3.64. The second kappa shape index (κ2) is 5.02. The molecule has 0 aliphatic carbocycles. The van der Waals surface area contributed by atoms with E-state index in [1.807, 2.05) is 0 Å². The molecule has 0 aromatic rings. The summed E-state index contributed by atoms with van der Waals surface area (Å²) in [6.07, 6.45) is 4.27. The molecule has 2 atom stereocenters. The van der Waals surface area contributed by atoms with Crippen LogP contribution in [-0.2, 0) is 4.79 Å². The highest BCUT2D eigenvalue weighted by molar-refractivity contribution is 5.77. The molecule has 2 N–H and O–H groups in total. The molecule has 0 aromatic carbocycles. The predicted molar refractivity (Wildman–Crippen MR) is 53.4 cm³/mol. The van der Waals surface area contributed by atoms with Crippen LogP contribution in [0.2, 0.25) is 0 Å². The van der Waals surface area contributed by atoms with Crippen LogP contribution in [0.3, 0.4) is 0 Å². The van der Waals surface area contributed by atoms with E-state index in [1.54, 1.807) is 6.08 Å². The van der Waals surface area contributed by atoms with Crippen molar-refractivity contribution < 1.29 is 4.79 Å². The van der Waals surface area contributed by atoms with Crippen molar-refractivity contribution in [3.05, 3.63) is 12.7 Å². The Bertz CT molecular complexity index is 183. The molecular formula is C10H18N2O. The van der Waals surface area contributed by atoms with Gasteiger partial charge in [-0.25, -0.2) is 0 Å². The molecule has 0 bridgehead atoms. The number of hydrogen-bond donors (Lipinski definition) is 2. The third kappa shape index (κ3) is 3.59. The van der Waals surface area contributed by atoms with Gasteiger partial charge in [0.15, 0.2) is 0 Å². The van der Waals surface area contributed by atoms with Gasteiger partial charge < -0.3 is 10.6 Å². The van der Waals surface area contributed by atoms with Crippen LogP contribution in [-0.4, -0.2) is 24.5 Å². The minimum absolute atomic E-state index is 0.0800. The van der Waals surface area contributed by atoms with Crippen molar-refractivity contribution in [1.82, 2.24) is 10.6 Å². The van der Waals surface area contributed by atoms with E-state index in [4.69, 9.17) is 0 Å². The van der Waals surface area contributed by atoms with E-state index < -0.39 is 0 Å². The first-order valence-corrected chi connectivity index (χ1v) is 4.86.